The van der Waals surface area contributed by atoms with Crippen molar-refractivity contribution in [2.75, 3.05) is 0 Å². The standard InChI is InChI=1S/C77H36F3N11/c1-44-22-58(77(78,79)80)15-16-63(44)53-14-21-74(90-70-17-10-49(54-23-45(40-81)27-59(31-54)85-2)35-64(70)65-36-50(11-18-71(65)90)55-24-46(41-82)28-60(32-55)86-3)68(39-53)76-69(89-6)8-7-9-75(76)91-72-19-12-51(56-25-47(42-83)29-61(33-56)87-4)37-66(72)67-38-52(13-20-73(67)91)57-26-48(43-84)30-62(34-57)88-5/h7-39H,1H3. The number of fused-ring (bicyclic) bond motifs is 6. The molecule has 0 unspecified atom stereocenters. The smallest absolute Gasteiger partial charge is 0.310 e. The molecule has 0 spiro atoms. The minimum absolute atomic E-state index is 0.231. The maximum Gasteiger partial charge on any atom is 0.416 e. The van der Waals surface area contributed by atoms with Gasteiger partial charge in [-0.25, -0.2) is 24.2 Å². The van der Waals surface area contributed by atoms with Crippen LogP contribution in [0.4, 0.5) is 41.6 Å². The Morgan fingerprint density at radius 3 is 1.07 bits per heavy atom. The second-order valence-electron chi connectivity index (χ2n) is 21.6. The lowest BCUT2D eigenvalue weighted by molar-refractivity contribution is -0.137. The van der Waals surface area contributed by atoms with Crippen molar-refractivity contribution in [3.8, 4) is 102 Å². The molecule has 0 aliphatic heterocycles. The molecule has 0 radical (unpaired) electrons. The van der Waals surface area contributed by atoms with E-state index in [1.54, 1.807) is 67.6 Å². The molecule has 0 aliphatic rings. The molecule has 0 atom stereocenters. The molecule has 13 rings (SSSR count). The third kappa shape index (κ3) is 9.87. The number of hydrogen-bond acceptors (Lipinski definition) is 4. The van der Waals surface area contributed by atoms with Gasteiger partial charge in [0.25, 0.3) is 0 Å². The van der Waals surface area contributed by atoms with E-state index in [0.29, 0.717) is 128 Å². The van der Waals surface area contributed by atoms with Crippen LogP contribution in [0.5, 0.6) is 0 Å². The second kappa shape index (κ2) is 22.3. The lowest BCUT2D eigenvalue weighted by atomic mass is 9.92. The van der Waals surface area contributed by atoms with Crippen molar-refractivity contribution in [1.82, 2.24) is 9.13 Å². The zero-order chi connectivity index (χ0) is 63.4. The molecular formula is C77H36F3N11. The predicted molar refractivity (Wildman–Crippen MR) is 348 cm³/mol. The second-order valence-corrected chi connectivity index (χ2v) is 21.6. The van der Waals surface area contributed by atoms with E-state index >= 15 is 0 Å². The molecule has 2 heterocycles. The maximum atomic E-state index is 14.3. The van der Waals surface area contributed by atoms with Crippen molar-refractivity contribution in [3.05, 3.63) is 291 Å². The Morgan fingerprint density at radius 2 is 0.725 bits per heavy atom. The van der Waals surface area contributed by atoms with Crippen molar-refractivity contribution < 1.29 is 13.2 Å². The van der Waals surface area contributed by atoms with Gasteiger partial charge >= 0.3 is 6.18 Å². The summed E-state index contributed by atoms with van der Waals surface area (Å²) in [6, 6.07) is 66.5. The van der Waals surface area contributed by atoms with E-state index in [4.69, 9.17) is 32.9 Å². The Balaban J connectivity index is 1.14. The van der Waals surface area contributed by atoms with E-state index in [2.05, 4.69) is 57.6 Å². The minimum atomic E-state index is -4.61. The highest BCUT2D eigenvalue weighted by Crippen LogP contribution is 2.49. The summed E-state index contributed by atoms with van der Waals surface area (Å²) >= 11 is 0. The molecule has 0 bridgehead atoms. The molecule has 0 saturated carbocycles. The van der Waals surface area contributed by atoms with Crippen LogP contribution in [0.2, 0.25) is 0 Å². The quantitative estimate of drug-likeness (QED) is 0.140. The van der Waals surface area contributed by atoms with Gasteiger partial charge < -0.3 is 9.13 Å². The van der Waals surface area contributed by atoms with Crippen LogP contribution in [0.15, 0.2) is 200 Å². The van der Waals surface area contributed by atoms with Crippen molar-refractivity contribution in [2.45, 2.75) is 13.1 Å². The number of alkyl halides is 3. The van der Waals surface area contributed by atoms with Crippen LogP contribution >= 0.6 is 0 Å². The Morgan fingerprint density at radius 1 is 0.352 bits per heavy atom. The van der Waals surface area contributed by atoms with E-state index in [1.807, 2.05) is 97.1 Å². The van der Waals surface area contributed by atoms with Gasteiger partial charge in [0.05, 0.1) is 90.5 Å². The first-order valence-electron chi connectivity index (χ1n) is 27.9. The summed E-state index contributed by atoms with van der Waals surface area (Å²) in [6.07, 6.45) is -4.61. The number of halogens is 3. The summed E-state index contributed by atoms with van der Waals surface area (Å²) in [5.74, 6) is 0. The SMILES string of the molecule is [C-]#[N+]c1cc(C#N)cc(-c2ccc3c(c2)c2cc(-c4cc(C#N)cc([N+]#[C-])c4)ccc2n3-c2ccc(-c3ccc(C(F)(F)F)cc3C)cc2-c2c([N+]#[C-])cccc2-n2c3ccc(-c4cc(C#N)cc([N+]#[C-])c4)cc3c3cc(-c4cc(C#N)cc([N+]#[C-])c4)ccc32)c1. The summed E-state index contributed by atoms with van der Waals surface area (Å²) < 4.78 is 47.1. The van der Waals surface area contributed by atoms with Gasteiger partial charge in [-0.05, 0) is 225 Å². The third-order valence-corrected chi connectivity index (χ3v) is 16.3. The van der Waals surface area contributed by atoms with Crippen LogP contribution < -0.4 is 0 Å². The zero-order valence-electron chi connectivity index (χ0n) is 47.6. The summed E-state index contributed by atoms with van der Waals surface area (Å²) in [6.45, 7) is 42.0. The van der Waals surface area contributed by atoms with Gasteiger partial charge in [0.15, 0.2) is 28.4 Å². The molecule has 420 valence electrons. The lowest BCUT2D eigenvalue weighted by Crippen LogP contribution is -2.05. The Hall–Kier alpha value is -13.8. The Labute approximate surface area is 519 Å². The molecule has 13 aromatic rings. The van der Waals surface area contributed by atoms with Gasteiger partial charge in [-0.2, -0.15) is 34.2 Å². The van der Waals surface area contributed by atoms with Gasteiger partial charge in [0.2, 0.25) is 0 Å². The molecule has 91 heavy (non-hydrogen) atoms. The first kappa shape index (κ1) is 56.4. The summed E-state index contributed by atoms with van der Waals surface area (Å²) in [5, 5.41) is 43.1. The molecule has 0 aliphatic carbocycles. The zero-order valence-corrected chi connectivity index (χ0v) is 47.6. The van der Waals surface area contributed by atoms with Gasteiger partial charge in [-0.15, -0.1) is 0 Å². The highest BCUT2D eigenvalue weighted by Gasteiger charge is 2.31. The van der Waals surface area contributed by atoms with Crippen molar-refractivity contribution >= 4 is 72.0 Å². The molecule has 11 nitrogen and oxygen atoms in total. The topological polar surface area (TPSA) is 127 Å². The van der Waals surface area contributed by atoms with Crippen LogP contribution in [0, 0.1) is 85.1 Å². The predicted octanol–water partition coefficient (Wildman–Crippen LogP) is 21.5. The molecule has 0 saturated heterocycles. The maximum absolute atomic E-state index is 14.3. The minimum Gasteiger partial charge on any atom is -0.310 e. The average Bonchev–Trinajstić information content (AvgIpc) is 1.61. The Kier molecular flexibility index (Phi) is 13.8. The molecule has 0 fully saturated rings. The normalized spacial score (nSPS) is 11.0. The fraction of sp³-hybridized carbons (Fsp3) is 0.0260. The van der Waals surface area contributed by atoms with E-state index < -0.39 is 11.7 Å². The van der Waals surface area contributed by atoms with Crippen LogP contribution in [-0.2, 0) is 6.18 Å². The van der Waals surface area contributed by atoms with Crippen LogP contribution in [0.3, 0.4) is 0 Å². The van der Waals surface area contributed by atoms with Gasteiger partial charge in [0, 0.05) is 55.0 Å². The Bertz CT molecular complexity index is 5400. The molecule has 2 aromatic heterocycles. The number of aryl methyl sites for hydroxylation is 1. The van der Waals surface area contributed by atoms with Crippen molar-refractivity contribution in [2.24, 2.45) is 0 Å². The lowest BCUT2D eigenvalue weighted by Gasteiger charge is -2.21. The van der Waals surface area contributed by atoms with E-state index in [0.717, 1.165) is 33.7 Å². The van der Waals surface area contributed by atoms with Gasteiger partial charge in [0.1, 0.15) is 0 Å². The molecule has 0 N–H and O–H groups in total. The number of rotatable bonds is 8. The molecule has 0 amide bonds. The first-order chi connectivity index (χ1) is 44.1. The summed E-state index contributed by atoms with van der Waals surface area (Å²) in [4.78, 5) is 18.8. The van der Waals surface area contributed by atoms with Crippen molar-refractivity contribution in [3.63, 3.8) is 0 Å². The number of nitriles is 4. The van der Waals surface area contributed by atoms with Gasteiger partial charge in [-0.1, -0.05) is 48.5 Å². The largest absolute Gasteiger partial charge is 0.416 e. The number of nitrogens with zero attached hydrogens (tertiary/aromatic N) is 11. The van der Waals surface area contributed by atoms with Crippen LogP contribution in [0.1, 0.15) is 33.4 Å². The highest BCUT2D eigenvalue weighted by molar-refractivity contribution is 6.15. The average molecular weight is 1170 g/mol. The van der Waals surface area contributed by atoms with Crippen molar-refractivity contribution in [1.29, 1.82) is 21.0 Å². The van der Waals surface area contributed by atoms with Gasteiger partial charge in [-0.3, -0.25) is 0 Å². The number of aromatic nitrogens is 2. The fourth-order valence-corrected chi connectivity index (χ4v) is 12.3. The molecule has 14 heteroatoms. The number of benzene rings is 11. The molecular weight excluding hydrogens is 1140 g/mol. The monoisotopic (exact) mass is 1170 g/mol. The third-order valence-electron chi connectivity index (χ3n) is 16.3. The van der Waals surface area contributed by atoms with Crippen LogP contribution in [-0.4, -0.2) is 9.13 Å². The first-order valence-corrected chi connectivity index (χ1v) is 27.9. The van der Waals surface area contributed by atoms with E-state index in [1.165, 1.54) is 30.3 Å². The molecule has 11 aromatic carbocycles. The number of hydrogen-bond donors (Lipinski definition) is 0. The van der Waals surface area contributed by atoms with Crippen LogP contribution in [0.25, 0.3) is 146 Å². The summed E-state index contributed by atoms with van der Waals surface area (Å²) in [7, 11) is 0. The van der Waals surface area contributed by atoms with E-state index in [-0.39, 0.29) is 28.4 Å². The fourth-order valence-electron chi connectivity index (χ4n) is 12.3. The highest BCUT2D eigenvalue weighted by atomic mass is 19.4. The van der Waals surface area contributed by atoms with E-state index in [9.17, 15) is 34.2 Å². The summed E-state index contributed by atoms with van der Waals surface area (Å²) in [5.41, 5.74) is 13.3.